The molecule has 0 spiro atoms. The van der Waals surface area contributed by atoms with Crippen molar-refractivity contribution in [3.05, 3.63) is 99.2 Å². The van der Waals surface area contributed by atoms with Crippen LogP contribution < -0.4 is 10.7 Å². The van der Waals surface area contributed by atoms with E-state index < -0.39 is 29.2 Å². The molecule has 0 aliphatic heterocycles. The molecule has 0 aliphatic rings. The van der Waals surface area contributed by atoms with E-state index in [0.717, 1.165) is 12.1 Å². The van der Waals surface area contributed by atoms with Crippen molar-refractivity contribution in [3.8, 4) is 11.3 Å². The first kappa shape index (κ1) is 22.9. The zero-order valence-corrected chi connectivity index (χ0v) is 18.1. The van der Waals surface area contributed by atoms with Crippen LogP contribution in [0, 0.1) is 19.1 Å². The highest BCUT2D eigenvalue weighted by Gasteiger charge is 2.33. The van der Waals surface area contributed by atoms with E-state index in [4.69, 9.17) is 4.42 Å². The van der Waals surface area contributed by atoms with Crippen LogP contribution in [0.1, 0.15) is 40.0 Å². The first-order valence-electron chi connectivity index (χ1n) is 10.2. The highest BCUT2D eigenvalue weighted by atomic mass is 19.4. The van der Waals surface area contributed by atoms with Crippen molar-refractivity contribution in [2.45, 2.75) is 26.1 Å². The lowest BCUT2D eigenvalue weighted by molar-refractivity contribution is -0.137. The summed E-state index contributed by atoms with van der Waals surface area (Å²) in [5.74, 6) is -0.979. The molecule has 8 heteroatoms. The third-order valence-corrected chi connectivity index (χ3v) is 5.49. The minimum Gasteiger partial charge on any atom is -0.478 e. The summed E-state index contributed by atoms with van der Waals surface area (Å²) in [6.07, 6.45) is -4.70. The Bertz CT molecular complexity index is 1440. The molecule has 1 atom stereocenters. The Balaban J connectivity index is 1.96. The number of anilines is 1. The van der Waals surface area contributed by atoms with Crippen LogP contribution in [-0.4, -0.2) is 11.1 Å². The Labute approximate surface area is 192 Å². The van der Waals surface area contributed by atoms with Gasteiger partial charge in [0.15, 0.2) is 5.43 Å². The Morgan fingerprint density at radius 3 is 2.53 bits per heavy atom. The zero-order chi connectivity index (χ0) is 24.6. The summed E-state index contributed by atoms with van der Waals surface area (Å²) in [6, 6.07) is 17.2. The summed E-state index contributed by atoms with van der Waals surface area (Å²) in [4.78, 5) is 24.7. The standard InChI is InChI=1S/C26H18F3NO4/c1-14-22(31)20-13-17(26(27,28)29)12-19(24(20)34-23(14)16-8-4-3-5-9-16)15(2)30-21-11-7-6-10-18(21)25(32)33/h4,6-13,15,30H,1-2H3,(H,32,33). The van der Waals surface area contributed by atoms with Crippen LogP contribution >= 0.6 is 0 Å². The first-order chi connectivity index (χ1) is 16.1. The van der Waals surface area contributed by atoms with E-state index in [1.807, 2.05) is 0 Å². The molecule has 4 rings (SSSR count). The van der Waals surface area contributed by atoms with Crippen molar-refractivity contribution in [1.82, 2.24) is 0 Å². The van der Waals surface area contributed by atoms with Crippen molar-refractivity contribution in [2.24, 2.45) is 0 Å². The second kappa shape index (κ2) is 8.60. The minimum atomic E-state index is -4.70. The van der Waals surface area contributed by atoms with Crippen molar-refractivity contribution < 1.29 is 27.5 Å². The van der Waals surface area contributed by atoms with Gasteiger partial charge in [-0.2, -0.15) is 13.2 Å². The number of carboxylic acids is 1. The van der Waals surface area contributed by atoms with Gasteiger partial charge >= 0.3 is 12.1 Å². The van der Waals surface area contributed by atoms with Gasteiger partial charge in [0.1, 0.15) is 11.3 Å². The number of halogens is 3. The SMILES string of the molecule is Cc1c(-c2cc#ccc2)oc2c(C(C)Nc3ccccc3C(=O)O)cc(C(F)(F)F)cc2c1=O. The highest BCUT2D eigenvalue weighted by Crippen LogP contribution is 2.37. The van der Waals surface area contributed by atoms with Crippen LogP contribution in [0.3, 0.4) is 0 Å². The van der Waals surface area contributed by atoms with Crippen LogP contribution in [0.25, 0.3) is 22.3 Å². The monoisotopic (exact) mass is 465 g/mol. The number of hydrogen-bond acceptors (Lipinski definition) is 4. The van der Waals surface area contributed by atoms with Crippen molar-refractivity contribution in [1.29, 1.82) is 0 Å². The lowest BCUT2D eigenvalue weighted by Gasteiger charge is -2.20. The molecule has 0 radical (unpaired) electrons. The number of fused-ring (bicyclic) bond motifs is 1. The van der Waals surface area contributed by atoms with E-state index in [9.17, 15) is 27.9 Å². The molecule has 0 amide bonds. The predicted molar refractivity (Wildman–Crippen MR) is 121 cm³/mol. The van der Waals surface area contributed by atoms with Gasteiger partial charge in [-0.15, -0.1) is 0 Å². The summed E-state index contributed by atoms with van der Waals surface area (Å²) < 4.78 is 47.1. The van der Waals surface area contributed by atoms with Crippen LogP contribution in [0.5, 0.6) is 0 Å². The lowest BCUT2D eigenvalue weighted by atomic mass is 9.98. The van der Waals surface area contributed by atoms with E-state index in [1.54, 1.807) is 37.3 Å². The molecule has 5 nitrogen and oxygen atoms in total. The Morgan fingerprint density at radius 2 is 1.88 bits per heavy atom. The number of benzene rings is 2. The number of carboxylic acid groups (broad SMARTS) is 1. The van der Waals surface area contributed by atoms with Gasteiger partial charge in [-0.1, -0.05) is 24.3 Å². The lowest BCUT2D eigenvalue weighted by Crippen LogP contribution is -2.16. The van der Waals surface area contributed by atoms with Gasteiger partial charge in [-0.25, -0.2) is 4.79 Å². The molecule has 1 aromatic heterocycles. The maximum absolute atomic E-state index is 13.7. The molecule has 1 unspecified atom stereocenters. The number of alkyl halides is 3. The molecule has 3 aromatic carbocycles. The van der Waals surface area contributed by atoms with Gasteiger partial charge in [-0.3, -0.25) is 4.79 Å². The van der Waals surface area contributed by atoms with Gasteiger partial charge < -0.3 is 14.8 Å². The maximum Gasteiger partial charge on any atom is 0.416 e. The fourth-order valence-corrected chi connectivity index (χ4v) is 3.77. The average Bonchev–Trinajstić information content (AvgIpc) is 2.80. The van der Waals surface area contributed by atoms with Gasteiger partial charge in [0.2, 0.25) is 0 Å². The van der Waals surface area contributed by atoms with E-state index in [2.05, 4.69) is 17.4 Å². The topological polar surface area (TPSA) is 79.5 Å². The molecule has 4 aromatic rings. The molecular formula is C26H18F3NO4. The molecule has 0 aliphatic carbocycles. The first-order valence-corrected chi connectivity index (χ1v) is 10.2. The number of para-hydroxylation sites is 1. The van der Waals surface area contributed by atoms with Crippen LogP contribution in [0.4, 0.5) is 18.9 Å². The van der Waals surface area contributed by atoms with Gasteiger partial charge in [0.05, 0.1) is 22.6 Å². The summed E-state index contributed by atoms with van der Waals surface area (Å²) >= 11 is 0. The van der Waals surface area contributed by atoms with E-state index in [-0.39, 0.29) is 39.1 Å². The van der Waals surface area contributed by atoms with Crippen LogP contribution in [-0.2, 0) is 6.18 Å². The Hall–Kier alpha value is -4.25. The van der Waals surface area contributed by atoms with E-state index in [1.165, 1.54) is 19.1 Å². The summed E-state index contributed by atoms with van der Waals surface area (Å²) in [5.41, 5.74) is -0.677. The largest absolute Gasteiger partial charge is 0.478 e. The second-order valence-corrected chi connectivity index (χ2v) is 7.76. The summed E-state index contributed by atoms with van der Waals surface area (Å²) in [5, 5.41) is 12.2. The molecule has 172 valence electrons. The fraction of sp³-hybridized carbons (Fsp3) is 0.154. The smallest absolute Gasteiger partial charge is 0.416 e. The molecule has 1 heterocycles. The molecule has 0 fully saturated rings. The number of carbonyl (C=O) groups is 1. The third-order valence-electron chi connectivity index (χ3n) is 5.49. The predicted octanol–water partition coefficient (Wildman–Crippen LogP) is 6.26. The van der Waals surface area contributed by atoms with Crippen molar-refractivity contribution >= 4 is 22.6 Å². The van der Waals surface area contributed by atoms with Crippen LogP contribution in [0.2, 0.25) is 0 Å². The van der Waals surface area contributed by atoms with Crippen molar-refractivity contribution in [3.63, 3.8) is 0 Å². The summed E-state index contributed by atoms with van der Waals surface area (Å²) in [6.45, 7) is 3.06. The number of aromatic carboxylic acids is 1. The Kier molecular flexibility index (Phi) is 5.80. The van der Waals surface area contributed by atoms with E-state index >= 15 is 0 Å². The Morgan fingerprint density at radius 1 is 1.15 bits per heavy atom. The number of nitrogens with one attached hydrogen (secondary N) is 1. The quantitative estimate of drug-likeness (QED) is 0.364. The van der Waals surface area contributed by atoms with E-state index in [0.29, 0.717) is 5.56 Å². The number of rotatable bonds is 5. The zero-order valence-electron chi connectivity index (χ0n) is 18.1. The summed E-state index contributed by atoms with van der Waals surface area (Å²) in [7, 11) is 0. The van der Waals surface area contributed by atoms with Gasteiger partial charge in [0.25, 0.3) is 0 Å². The second-order valence-electron chi connectivity index (χ2n) is 7.76. The minimum absolute atomic E-state index is 0.0146. The molecular weight excluding hydrogens is 447 g/mol. The maximum atomic E-state index is 13.7. The number of hydrogen-bond donors (Lipinski definition) is 2. The molecule has 2 N–H and O–H groups in total. The fourth-order valence-electron chi connectivity index (χ4n) is 3.77. The normalized spacial score (nSPS) is 12.3. The molecule has 0 saturated carbocycles. The molecule has 0 bridgehead atoms. The van der Waals surface area contributed by atoms with Crippen molar-refractivity contribution in [2.75, 3.05) is 5.32 Å². The van der Waals surface area contributed by atoms with Crippen LogP contribution in [0.15, 0.2) is 63.8 Å². The van der Waals surface area contributed by atoms with Gasteiger partial charge in [-0.05, 0) is 56.3 Å². The van der Waals surface area contributed by atoms with Gasteiger partial charge in [0, 0.05) is 22.4 Å². The highest BCUT2D eigenvalue weighted by molar-refractivity contribution is 5.94. The molecule has 34 heavy (non-hydrogen) atoms. The average molecular weight is 465 g/mol. The third kappa shape index (κ3) is 4.20. The molecule has 0 saturated heterocycles.